The lowest BCUT2D eigenvalue weighted by Gasteiger charge is -2.39. The van der Waals surface area contributed by atoms with E-state index < -0.39 is 82.1 Å². The van der Waals surface area contributed by atoms with Crippen molar-refractivity contribution in [2.24, 2.45) is 0 Å². The molecule has 0 saturated carbocycles. The number of rotatable bonds is 0. The summed E-state index contributed by atoms with van der Waals surface area (Å²) in [6.07, 6.45) is -4.74. The Morgan fingerprint density at radius 2 is 0.939 bits per heavy atom. The van der Waals surface area contributed by atoms with Gasteiger partial charge in [0, 0.05) is 4.91 Å². The molecule has 7 rings (SSSR count). The minimum atomic E-state index is -1.30. The van der Waals surface area contributed by atoms with E-state index in [2.05, 4.69) is 0 Å². The molecule has 7 aliphatic heterocycles. The molecule has 8 amide bonds. The van der Waals surface area contributed by atoms with E-state index in [-0.39, 0.29) is 14.6 Å². The first-order valence-corrected chi connectivity index (χ1v) is 9.83. The molecule has 20 heteroatoms. The molecule has 0 spiro atoms. The zero-order valence-electron chi connectivity index (χ0n) is 16.5. The summed E-state index contributed by atoms with van der Waals surface area (Å²) >= 11 is 0. The van der Waals surface area contributed by atoms with Crippen LogP contribution in [-0.2, 0) is 0 Å². The highest BCUT2D eigenvalue weighted by molar-refractivity contribution is 5.87. The van der Waals surface area contributed by atoms with Crippen LogP contribution in [0.2, 0.25) is 0 Å². The quantitative estimate of drug-likeness (QED) is 0.338. The monoisotopic (exact) mass is 466 g/mol. The normalized spacial score (nSPS) is 34.7. The van der Waals surface area contributed by atoms with Crippen LogP contribution < -0.4 is 0 Å². The Bertz CT molecular complexity index is 1170. The minimum Gasteiger partial charge on any atom is -0.281 e. The van der Waals surface area contributed by atoms with E-state index in [0.717, 1.165) is 39.5 Å². The average molecular weight is 466 g/mol. The lowest BCUT2D eigenvalue weighted by Crippen LogP contribution is -2.62. The second-order valence-corrected chi connectivity index (χ2v) is 8.41. The fourth-order valence-corrected chi connectivity index (χ4v) is 5.61. The van der Waals surface area contributed by atoms with Gasteiger partial charge in [-0.2, -0.15) is 0 Å². The first-order valence-electron chi connectivity index (χ1n) is 9.83. The Kier molecular flexibility index (Phi) is 2.89. The van der Waals surface area contributed by atoms with Crippen molar-refractivity contribution < 1.29 is 38.5 Å². The predicted octanol–water partition coefficient (Wildman–Crippen LogP) is -3.07. The van der Waals surface area contributed by atoms with Crippen molar-refractivity contribution in [1.29, 1.82) is 0 Å². The minimum absolute atomic E-state index is 0.133. The molecule has 0 radical (unpaired) electrons. The molecule has 170 valence electrons. The number of hydrogen-bond acceptors (Lipinski definition) is 8. The van der Waals surface area contributed by atoms with E-state index >= 15 is 0 Å². The second-order valence-electron chi connectivity index (χ2n) is 8.41. The maximum atomic E-state index is 13.2. The largest absolute Gasteiger partial charge is 0.483 e. The SMILES string of the molecule is O=C1N2CN3C(=O)N4C5C3N(CN3C(=O)N6C(C23)N1C[N+](=O)C[N+]6=O)C(=O)N5[N+](=O)C[N+]4=O. The molecule has 0 aromatic rings. The number of amides is 8. The van der Waals surface area contributed by atoms with Gasteiger partial charge in [-0.1, -0.05) is 0 Å². The maximum Gasteiger partial charge on any atom is 0.483 e. The van der Waals surface area contributed by atoms with Gasteiger partial charge in [-0.3, -0.25) is 19.6 Å². The summed E-state index contributed by atoms with van der Waals surface area (Å²) in [5.74, 6) is 0. The maximum absolute atomic E-state index is 13.2. The zero-order chi connectivity index (χ0) is 23.1. The lowest BCUT2D eigenvalue weighted by atomic mass is 10.3. The van der Waals surface area contributed by atoms with Crippen molar-refractivity contribution >= 4 is 24.1 Å². The van der Waals surface area contributed by atoms with Crippen molar-refractivity contribution in [2.75, 3.05) is 33.3 Å². The van der Waals surface area contributed by atoms with Crippen LogP contribution in [-0.4, -0.2) is 141 Å². The summed E-state index contributed by atoms with van der Waals surface area (Å²) in [4.78, 5) is 108. The first kappa shape index (κ1) is 18.1. The van der Waals surface area contributed by atoms with Gasteiger partial charge in [-0.05, 0) is 15.0 Å². The van der Waals surface area contributed by atoms with Crippen LogP contribution in [0.15, 0.2) is 0 Å². The van der Waals surface area contributed by atoms with Gasteiger partial charge in [-0.15, -0.1) is 0 Å². The number of carbonyl (C=O) groups excluding carboxylic acids is 4. The van der Waals surface area contributed by atoms with Crippen LogP contribution in [0, 0.1) is 19.6 Å². The fraction of sp³-hybridized carbons (Fsp3) is 0.692. The average Bonchev–Trinajstić information content (AvgIpc) is 3.31. The van der Waals surface area contributed by atoms with Gasteiger partial charge in [0.25, 0.3) is 12.8 Å². The summed E-state index contributed by atoms with van der Waals surface area (Å²) in [5.41, 5.74) is 0. The highest BCUT2D eigenvalue weighted by atomic mass is 16.4. The smallest absolute Gasteiger partial charge is 0.281 e. The third-order valence-corrected chi connectivity index (χ3v) is 6.86. The third-order valence-electron chi connectivity index (χ3n) is 6.86. The lowest BCUT2D eigenvalue weighted by molar-refractivity contribution is -0.908. The van der Waals surface area contributed by atoms with E-state index in [1.807, 2.05) is 0 Å². The predicted molar refractivity (Wildman–Crippen MR) is 90.3 cm³/mol. The second kappa shape index (κ2) is 5.27. The Morgan fingerprint density at radius 3 is 1.48 bits per heavy atom. The molecule has 33 heavy (non-hydrogen) atoms. The molecule has 7 saturated heterocycles. The third kappa shape index (κ3) is 1.80. The molecule has 0 bridgehead atoms. The van der Waals surface area contributed by atoms with Gasteiger partial charge in [0.2, 0.25) is 20.8 Å². The first-order chi connectivity index (χ1) is 15.7. The molecular weight excluding hydrogens is 452 g/mol. The van der Waals surface area contributed by atoms with Crippen molar-refractivity contribution in [3.63, 3.8) is 0 Å². The Hall–Kier alpha value is -4.52. The number of carbonyl (C=O) groups is 4. The van der Waals surface area contributed by atoms with E-state index in [1.165, 1.54) is 0 Å². The molecule has 0 aromatic carbocycles. The standard InChI is InChI=1S/C13H14N12O8/c26-10-15-1-14(30)2-20(31)23-8(15)6-16(10)3-18-7-9-24(12(18)28)21(32)5-22(33)25(9)13(29)19(7)4-17(6)11(23)27/h6-9H,1-5H2/q+4. The molecule has 20 nitrogen and oxygen atoms in total. The number of hydrogen-bond donors (Lipinski definition) is 0. The van der Waals surface area contributed by atoms with Crippen LogP contribution in [0.5, 0.6) is 0 Å². The topological polar surface area (TPSA) is 175 Å². The van der Waals surface area contributed by atoms with Crippen molar-refractivity contribution in [3.8, 4) is 0 Å². The highest BCUT2D eigenvalue weighted by Crippen LogP contribution is 2.43. The molecular formula is C13H14N12O8+4. The summed E-state index contributed by atoms with van der Waals surface area (Å²) in [6.45, 7) is -2.95. The Morgan fingerprint density at radius 1 is 0.515 bits per heavy atom. The van der Waals surface area contributed by atoms with Gasteiger partial charge in [0.15, 0.2) is 12.3 Å². The molecule has 7 aliphatic rings. The van der Waals surface area contributed by atoms with E-state index in [1.54, 1.807) is 0 Å². The van der Waals surface area contributed by atoms with E-state index in [4.69, 9.17) is 0 Å². The van der Waals surface area contributed by atoms with Crippen molar-refractivity contribution in [3.05, 3.63) is 19.6 Å². The van der Waals surface area contributed by atoms with Crippen molar-refractivity contribution in [2.45, 2.75) is 24.7 Å². The van der Waals surface area contributed by atoms with Gasteiger partial charge >= 0.3 is 37.5 Å². The van der Waals surface area contributed by atoms with Crippen molar-refractivity contribution in [1.82, 2.24) is 39.5 Å². The van der Waals surface area contributed by atoms with Crippen LogP contribution in [0.25, 0.3) is 0 Å². The van der Waals surface area contributed by atoms with Gasteiger partial charge in [0.05, 0.1) is 19.5 Å². The van der Waals surface area contributed by atoms with E-state index in [0.29, 0.717) is 4.76 Å². The molecule has 0 aromatic heterocycles. The summed E-state index contributed by atoms with van der Waals surface area (Å²) in [7, 11) is 0. The number of hydrazine groups is 3. The summed E-state index contributed by atoms with van der Waals surface area (Å²) < 4.78 is 0.320. The molecule has 0 N–H and O–H groups in total. The van der Waals surface area contributed by atoms with E-state index in [9.17, 15) is 38.8 Å². The van der Waals surface area contributed by atoms with Crippen LogP contribution in [0.3, 0.4) is 0 Å². The van der Waals surface area contributed by atoms with Crippen LogP contribution in [0.4, 0.5) is 19.2 Å². The number of nitroso groups, excluding NO2 is 4. The molecule has 7 heterocycles. The van der Waals surface area contributed by atoms with Crippen LogP contribution in [0.1, 0.15) is 0 Å². The van der Waals surface area contributed by atoms with Gasteiger partial charge < -0.3 is 0 Å². The Balaban J connectivity index is 1.38. The molecule has 7 fully saturated rings. The van der Waals surface area contributed by atoms with Gasteiger partial charge in [0.1, 0.15) is 13.3 Å². The molecule has 4 unspecified atom stereocenters. The summed E-state index contributed by atoms with van der Waals surface area (Å²) in [6, 6.07) is -3.24. The molecule has 0 aliphatic carbocycles. The summed E-state index contributed by atoms with van der Waals surface area (Å²) in [5, 5.41) is 2.17. The Labute approximate surface area is 180 Å². The van der Waals surface area contributed by atoms with Crippen LogP contribution >= 0.6 is 0 Å². The zero-order valence-corrected chi connectivity index (χ0v) is 16.5. The number of nitrogens with zero attached hydrogens (tertiary/aromatic N) is 12. The fourth-order valence-electron chi connectivity index (χ4n) is 5.61. The number of urea groups is 4. The molecule has 4 atom stereocenters. The van der Waals surface area contributed by atoms with Gasteiger partial charge in [-0.25, -0.2) is 24.1 Å². The highest BCUT2D eigenvalue weighted by Gasteiger charge is 2.77.